The summed E-state index contributed by atoms with van der Waals surface area (Å²) in [4.78, 5) is 18.8. The fourth-order valence-corrected chi connectivity index (χ4v) is 4.15. The fraction of sp³-hybridized carbons (Fsp3) is 0.615. The maximum Gasteiger partial charge on any atom is 0.264 e. The van der Waals surface area contributed by atoms with E-state index in [9.17, 15) is 4.79 Å². The van der Waals surface area contributed by atoms with Crippen LogP contribution in [0.25, 0.3) is 0 Å². The van der Waals surface area contributed by atoms with Crippen molar-refractivity contribution in [1.29, 1.82) is 0 Å². The lowest BCUT2D eigenvalue weighted by molar-refractivity contribution is 0.0399. The number of piperazine rings is 1. The maximum atomic E-state index is 12.5. The van der Waals surface area contributed by atoms with Crippen LogP contribution in [0.2, 0.25) is 0 Å². The minimum absolute atomic E-state index is 0.180. The highest BCUT2D eigenvalue weighted by atomic mass is 32.1. The number of hydrogen-bond acceptors (Lipinski definition) is 4. The first kappa shape index (κ1) is 12.5. The van der Waals surface area contributed by atoms with E-state index in [-0.39, 0.29) is 5.91 Å². The van der Waals surface area contributed by atoms with Crippen molar-refractivity contribution in [3.63, 3.8) is 0 Å². The monoisotopic (exact) mass is 282 g/mol. The van der Waals surface area contributed by atoms with Gasteiger partial charge in [0, 0.05) is 35.4 Å². The second-order valence-corrected chi connectivity index (χ2v) is 6.69. The smallest absolute Gasteiger partial charge is 0.264 e. The van der Waals surface area contributed by atoms with Crippen molar-refractivity contribution in [1.82, 2.24) is 9.80 Å². The Morgan fingerprint density at radius 1 is 1.50 bits per heavy atom. The van der Waals surface area contributed by atoms with E-state index in [2.05, 4.69) is 24.5 Å². The molecular formula is C13H18N2OS2. The van der Waals surface area contributed by atoms with E-state index in [0.717, 1.165) is 22.9 Å². The van der Waals surface area contributed by atoms with Crippen LogP contribution in [0.1, 0.15) is 29.4 Å². The first-order chi connectivity index (χ1) is 8.65. The summed E-state index contributed by atoms with van der Waals surface area (Å²) in [6.07, 6.45) is 2.51. The van der Waals surface area contributed by atoms with E-state index < -0.39 is 0 Å². The third kappa shape index (κ3) is 2.19. The molecule has 1 aromatic heterocycles. The molecule has 3 nitrogen and oxygen atoms in total. The van der Waals surface area contributed by atoms with Crippen molar-refractivity contribution in [2.75, 3.05) is 19.6 Å². The summed E-state index contributed by atoms with van der Waals surface area (Å²) in [5.41, 5.74) is 0. The second kappa shape index (κ2) is 4.87. The quantitative estimate of drug-likeness (QED) is 0.799. The normalized spacial score (nSPS) is 28.4. The number of nitrogens with zero attached hydrogens (tertiary/aromatic N) is 2. The number of hydrogen-bond donors (Lipinski definition) is 1. The summed E-state index contributed by atoms with van der Waals surface area (Å²) in [6.45, 7) is 5.27. The Balaban J connectivity index is 1.77. The summed E-state index contributed by atoms with van der Waals surface area (Å²) >= 11 is 5.78. The molecule has 1 amide bonds. The Labute approximate surface area is 117 Å². The van der Waals surface area contributed by atoms with E-state index in [1.165, 1.54) is 30.7 Å². The predicted octanol–water partition coefficient (Wildman–Crippen LogP) is 2.35. The molecule has 2 aliphatic rings. The van der Waals surface area contributed by atoms with Gasteiger partial charge in [0.15, 0.2) is 0 Å². The van der Waals surface area contributed by atoms with Crippen molar-refractivity contribution in [2.45, 2.75) is 36.7 Å². The molecule has 18 heavy (non-hydrogen) atoms. The van der Waals surface area contributed by atoms with Gasteiger partial charge in [-0.1, -0.05) is 0 Å². The molecule has 0 saturated carbocycles. The topological polar surface area (TPSA) is 23.6 Å². The molecule has 0 aliphatic carbocycles. The van der Waals surface area contributed by atoms with Gasteiger partial charge in [-0.05, 0) is 32.4 Å². The van der Waals surface area contributed by atoms with Gasteiger partial charge in [-0.25, -0.2) is 0 Å². The number of amides is 1. The van der Waals surface area contributed by atoms with Crippen molar-refractivity contribution in [2.24, 2.45) is 0 Å². The van der Waals surface area contributed by atoms with Crippen LogP contribution in [-0.2, 0) is 0 Å². The van der Waals surface area contributed by atoms with Gasteiger partial charge in [0.25, 0.3) is 5.91 Å². The SMILES string of the molecule is CC1CN2CCCC2CN1C(=O)c1cc(S)cs1. The Morgan fingerprint density at radius 3 is 3.06 bits per heavy atom. The van der Waals surface area contributed by atoms with E-state index in [1.807, 2.05) is 16.3 Å². The average Bonchev–Trinajstić information content (AvgIpc) is 2.95. The molecular weight excluding hydrogens is 264 g/mol. The molecule has 0 spiro atoms. The van der Waals surface area contributed by atoms with Gasteiger partial charge in [0.05, 0.1) is 4.88 Å². The summed E-state index contributed by atoms with van der Waals surface area (Å²) in [6, 6.07) is 2.78. The van der Waals surface area contributed by atoms with E-state index >= 15 is 0 Å². The molecule has 2 fully saturated rings. The molecule has 0 radical (unpaired) electrons. The third-order valence-electron chi connectivity index (χ3n) is 3.99. The van der Waals surface area contributed by atoms with Crippen LogP contribution in [-0.4, -0.2) is 47.4 Å². The minimum Gasteiger partial charge on any atom is -0.332 e. The molecule has 3 heterocycles. The highest BCUT2D eigenvalue weighted by Gasteiger charge is 2.36. The number of fused-ring (bicyclic) bond motifs is 1. The largest absolute Gasteiger partial charge is 0.332 e. The Bertz CT molecular complexity index is 460. The Hall–Kier alpha value is -0.520. The summed E-state index contributed by atoms with van der Waals surface area (Å²) in [7, 11) is 0. The molecule has 0 aromatic carbocycles. The third-order valence-corrected chi connectivity index (χ3v) is 5.35. The van der Waals surface area contributed by atoms with Crippen LogP contribution in [0, 0.1) is 0 Å². The van der Waals surface area contributed by atoms with Crippen molar-refractivity contribution >= 4 is 29.9 Å². The van der Waals surface area contributed by atoms with Gasteiger partial charge < -0.3 is 4.90 Å². The van der Waals surface area contributed by atoms with Crippen molar-refractivity contribution in [3.8, 4) is 0 Å². The van der Waals surface area contributed by atoms with Gasteiger partial charge in [-0.15, -0.1) is 24.0 Å². The fourth-order valence-electron chi connectivity index (χ4n) is 3.05. The van der Waals surface area contributed by atoms with E-state index in [4.69, 9.17) is 0 Å². The van der Waals surface area contributed by atoms with E-state index in [0.29, 0.717) is 12.1 Å². The van der Waals surface area contributed by atoms with Crippen LogP contribution in [0.5, 0.6) is 0 Å². The summed E-state index contributed by atoms with van der Waals surface area (Å²) in [5.74, 6) is 0.180. The predicted molar refractivity (Wildman–Crippen MR) is 76.7 cm³/mol. The lowest BCUT2D eigenvalue weighted by atomic mass is 10.1. The zero-order chi connectivity index (χ0) is 12.7. The zero-order valence-electron chi connectivity index (χ0n) is 10.5. The number of carbonyl (C=O) groups is 1. The number of rotatable bonds is 1. The highest BCUT2D eigenvalue weighted by molar-refractivity contribution is 7.80. The molecule has 0 bridgehead atoms. The van der Waals surface area contributed by atoms with Gasteiger partial charge in [0.2, 0.25) is 0 Å². The molecule has 1 aromatic rings. The van der Waals surface area contributed by atoms with Crippen molar-refractivity contribution < 1.29 is 4.79 Å². The first-order valence-electron chi connectivity index (χ1n) is 6.47. The number of thiophene rings is 1. The van der Waals surface area contributed by atoms with E-state index in [1.54, 1.807) is 0 Å². The highest BCUT2D eigenvalue weighted by Crippen LogP contribution is 2.27. The minimum atomic E-state index is 0.180. The zero-order valence-corrected chi connectivity index (χ0v) is 12.2. The Kier molecular flexibility index (Phi) is 3.38. The van der Waals surface area contributed by atoms with Crippen LogP contribution in [0.15, 0.2) is 16.3 Å². The molecule has 2 saturated heterocycles. The standard InChI is InChI=1S/C13H18N2OS2/c1-9-6-14-4-2-3-10(14)7-15(9)13(16)12-5-11(17)8-18-12/h5,8-10,17H,2-4,6-7H2,1H3. The van der Waals surface area contributed by atoms with Gasteiger partial charge >= 0.3 is 0 Å². The van der Waals surface area contributed by atoms with Gasteiger partial charge in [-0.3, -0.25) is 9.69 Å². The molecule has 2 aliphatic heterocycles. The molecule has 2 unspecified atom stereocenters. The second-order valence-electron chi connectivity index (χ2n) is 5.27. The van der Waals surface area contributed by atoms with Crippen molar-refractivity contribution in [3.05, 3.63) is 16.3 Å². The lowest BCUT2D eigenvalue weighted by Crippen LogP contribution is -2.56. The lowest BCUT2D eigenvalue weighted by Gasteiger charge is -2.42. The van der Waals surface area contributed by atoms with Crippen LogP contribution in [0.3, 0.4) is 0 Å². The molecule has 3 rings (SSSR count). The molecule has 5 heteroatoms. The average molecular weight is 282 g/mol. The Morgan fingerprint density at radius 2 is 2.33 bits per heavy atom. The molecule has 2 atom stereocenters. The first-order valence-corrected chi connectivity index (χ1v) is 7.80. The molecule has 0 N–H and O–H groups in total. The van der Waals surface area contributed by atoms with Crippen LogP contribution in [0.4, 0.5) is 0 Å². The van der Waals surface area contributed by atoms with Crippen LogP contribution >= 0.6 is 24.0 Å². The maximum absolute atomic E-state index is 12.5. The van der Waals surface area contributed by atoms with Crippen LogP contribution < -0.4 is 0 Å². The number of thiol groups is 1. The molecule has 98 valence electrons. The van der Waals surface area contributed by atoms with Gasteiger partial charge in [-0.2, -0.15) is 0 Å². The summed E-state index contributed by atoms with van der Waals surface area (Å²) in [5, 5.41) is 1.92. The summed E-state index contributed by atoms with van der Waals surface area (Å²) < 4.78 is 0. The van der Waals surface area contributed by atoms with Gasteiger partial charge in [0.1, 0.15) is 0 Å². The number of carbonyl (C=O) groups excluding carboxylic acids is 1.